The Bertz CT molecular complexity index is 758. The van der Waals surface area contributed by atoms with Crippen molar-refractivity contribution in [2.24, 2.45) is 0 Å². The van der Waals surface area contributed by atoms with E-state index in [1.807, 2.05) is 0 Å². The zero-order chi connectivity index (χ0) is 16.8. The normalized spacial score (nSPS) is 9.96. The second-order valence-corrected chi connectivity index (χ2v) is 4.49. The third-order valence-corrected chi connectivity index (χ3v) is 3.02. The van der Waals surface area contributed by atoms with E-state index in [2.05, 4.69) is 5.32 Å². The highest BCUT2D eigenvalue weighted by molar-refractivity contribution is 6.09. The van der Waals surface area contributed by atoms with E-state index in [1.54, 1.807) is 19.1 Å². The maximum Gasteiger partial charge on any atom is 0.340 e. The molecule has 23 heavy (non-hydrogen) atoms. The molecule has 2 aromatic carbocycles. The summed E-state index contributed by atoms with van der Waals surface area (Å²) in [5, 5.41) is 13.5. The molecule has 0 aliphatic carbocycles. The van der Waals surface area contributed by atoms with Gasteiger partial charge in [0.05, 0.1) is 22.8 Å². The fourth-order valence-electron chi connectivity index (χ4n) is 1.99. The van der Waals surface area contributed by atoms with Crippen LogP contribution in [-0.2, 0) is 4.74 Å². The Labute approximate surface area is 132 Å². The van der Waals surface area contributed by atoms with Crippen LogP contribution in [0, 0.1) is 10.1 Å². The van der Waals surface area contributed by atoms with E-state index in [0.29, 0.717) is 0 Å². The van der Waals surface area contributed by atoms with Crippen molar-refractivity contribution in [2.45, 2.75) is 6.92 Å². The summed E-state index contributed by atoms with van der Waals surface area (Å²) in [6.07, 6.45) is 0. The van der Waals surface area contributed by atoms with Crippen molar-refractivity contribution in [1.82, 2.24) is 0 Å². The first-order valence-electron chi connectivity index (χ1n) is 6.85. The quantitative estimate of drug-likeness (QED) is 0.519. The van der Waals surface area contributed by atoms with Crippen molar-refractivity contribution in [3.05, 3.63) is 69.8 Å². The van der Waals surface area contributed by atoms with Crippen LogP contribution in [-0.4, -0.2) is 23.4 Å². The van der Waals surface area contributed by atoms with Crippen LogP contribution in [0.4, 0.5) is 11.4 Å². The summed E-state index contributed by atoms with van der Waals surface area (Å²) >= 11 is 0. The third-order valence-electron chi connectivity index (χ3n) is 3.02. The van der Waals surface area contributed by atoms with Crippen LogP contribution in [0.2, 0.25) is 0 Å². The summed E-state index contributed by atoms with van der Waals surface area (Å²) in [6.45, 7) is 1.87. The van der Waals surface area contributed by atoms with Gasteiger partial charge in [0.25, 0.3) is 11.6 Å². The standard InChI is InChI=1S/C16H14N2O5/c1-2-23-16(20)11-7-3-5-9-13(11)17-15(19)12-8-4-6-10-14(12)18(21)22/h3-10H,2H2,1H3,(H,17,19). The molecule has 7 heteroatoms. The number of carbonyl (C=O) groups excluding carboxylic acids is 2. The van der Waals surface area contributed by atoms with Gasteiger partial charge in [-0.15, -0.1) is 0 Å². The van der Waals surface area contributed by atoms with E-state index in [1.165, 1.54) is 36.4 Å². The molecule has 0 bridgehead atoms. The van der Waals surface area contributed by atoms with Crippen molar-refractivity contribution in [2.75, 3.05) is 11.9 Å². The van der Waals surface area contributed by atoms with Gasteiger partial charge in [-0.05, 0) is 25.1 Å². The molecule has 0 fully saturated rings. The van der Waals surface area contributed by atoms with Gasteiger partial charge in [-0.1, -0.05) is 24.3 Å². The predicted octanol–water partition coefficient (Wildman–Crippen LogP) is 3.02. The molecule has 7 nitrogen and oxygen atoms in total. The van der Waals surface area contributed by atoms with Gasteiger partial charge in [-0.3, -0.25) is 14.9 Å². The van der Waals surface area contributed by atoms with E-state index in [4.69, 9.17) is 4.74 Å². The molecule has 0 heterocycles. The summed E-state index contributed by atoms with van der Waals surface area (Å²) in [7, 11) is 0. The molecule has 0 unspecified atom stereocenters. The van der Waals surface area contributed by atoms with Gasteiger partial charge in [0, 0.05) is 6.07 Å². The number of anilines is 1. The highest BCUT2D eigenvalue weighted by atomic mass is 16.6. The summed E-state index contributed by atoms with van der Waals surface area (Å²) in [5.41, 5.74) is 0.0187. The predicted molar refractivity (Wildman–Crippen MR) is 83.4 cm³/mol. The summed E-state index contributed by atoms with van der Waals surface area (Å²) in [6, 6.07) is 11.9. The van der Waals surface area contributed by atoms with Crippen molar-refractivity contribution >= 4 is 23.3 Å². The number of ether oxygens (including phenoxy) is 1. The summed E-state index contributed by atoms with van der Waals surface area (Å²) in [4.78, 5) is 34.5. The molecule has 118 valence electrons. The number of benzene rings is 2. The zero-order valence-corrected chi connectivity index (χ0v) is 12.3. The number of nitrogens with one attached hydrogen (secondary N) is 1. The Morgan fingerprint density at radius 2 is 1.70 bits per heavy atom. The smallest absolute Gasteiger partial charge is 0.340 e. The lowest BCUT2D eigenvalue weighted by Crippen LogP contribution is -2.17. The molecule has 0 aliphatic rings. The Balaban J connectivity index is 2.32. The molecule has 2 rings (SSSR count). The summed E-state index contributed by atoms with van der Waals surface area (Å²) in [5.74, 6) is -1.25. The lowest BCUT2D eigenvalue weighted by molar-refractivity contribution is -0.385. The molecule has 0 aliphatic heterocycles. The molecule has 0 aromatic heterocycles. The highest BCUT2D eigenvalue weighted by Gasteiger charge is 2.21. The van der Waals surface area contributed by atoms with Gasteiger partial charge in [0.15, 0.2) is 0 Å². The number of nitro groups is 1. The lowest BCUT2D eigenvalue weighted by Gasteiger charge is -2.10. The SMILES string of the molecule is CCOC(=O)c1ccccc1NC(=O)c1ccccc1[N+](=O)[O-]. The molecule has 1 N–H and O–H groups in total. The number of carbonyl (C=O) groups is 2. The molecule has 0 spiro atoms. The fourth-order valence-corrected chi connectivity index (χ4v) is 1.99. The fraction of sp³-hybridized carbons (Fsp3) is 0.125. The largest absolute Gasteiger partial charge is 0.462 e. The number of hydrogen-bond donors (Lipinski definition) is 1. The number of amides is 1. The second kappa shape index (κ2) is 7.17. The Morgan fingerprint density at radius 3 is 2.35 bits per heavy atom. The molecule has 0 atom stereocenters. The van der Waals surface area contributed by atoms with Crippen molar-refractivity contribution in [1.29, 1.82) is 0 Å². The average Bonchev–Trinajstić information content (AvgIpc) is 2.55. The van der Waals surface area contributed by atoms with Gasteiger partial charge in [-0.2, -0.15) is 0 Å². The lowest BCUT2D eigenvalue weighted by atomic mass is 10.1. The monoisotopic (exact) mass is 314 g/mol. The number of rotatable bonds is 5. The van der Waals surface area contributed by atoms with Gasteiger partial charge < -0.3 is 10.1 Å². The van der Waals surface area contributed by atoms with Crippen LogP contribution >= 0.6 is 0 Å². The van der Waals surface area contributed by atoms with E-state index >= 15 is 0 Å². The van der Waals surface area contributed by atoms with Crippen molar-refractivity contribution in [3.63, 3.8) is 0 Å². The third kappa shape index (κ3) is 3.70. The molecular formula is C16H14N2O5. The second-order valence-electron chi connectivity index (χ2n) is 4.49. The van der Waals surface area contributed by atoms with Crippen LogP contribution < -0.4 is 5.32 Å². The Morgan fingerprint density at radius 1 is 1.09 bits per heavy atom. The van der Waals surface area contributed by atoms with Gasteiger partial charge >= 0.3 is 5.97 Å². The van der Waals surface area contributed by atoms with Crippen LogP contribution in [0.15, 0.2) is 48.5 Å². The number of esters is 1. The minimum atomic E-state index is -0.672. The van der Waals surface area contributed by atoms with Crippen LogP contribution in [0.25, 0.3) is 0 Å². The Kier molecular flexibility index (Phi) is 5.03. The average molecular weight is 314 g/mol. The minimum absolute atomic E-state index is 0.0869. The minimum Gasteiger partial charge on any atom is -0.462 e. The maximum absolute atomic E-state index is 12.3. The molecule has 0 radical (unpaired) electrons. The molecule has 2 aromatic rings. The Hall–Kier alpha value is -3.22. The molecule has 1 amide bonds. The number of hydrogen-bond acceptors (Lipinski definition) is 5. The van der Waals surface area contributed by atoms with Crippen molar-refractivity contribution < 1.29 is 19.2 Å². The first-order chi connectivity index (χ1) is 11.0. The molecular weight excluding hydrogens is 300 g/mol. The van der Waals surface area contributed by atoms with Gasteiger partial charge in [-0.25, -0.2) is 4.79 Å². The van der Waals surface area contributed by atoms with Crippen LogP contribution in [0.1, 0.15) is 27.6 Å². The molecule has 0 saturated heterocycles. The molecule has 0 saturated carbocycles. The first kappa shape index (κ1) is 16.2. The summed E-state index contributed by atoms with van der Waals surface area (Å²) < 4.78 is 4.92. The zero-order valence-electron chi connectivity index (χ0n) is 12.3. The van der Waals surface area contributed by atoms with E-state index in [9.17, 15) is 19.7 Å². The van der Waals surface area contributed by atoms with Crippen LogP contribution in [0.5, 0.6) is 0 Å². The van der Waals surface area contributed by atoms with E-state index in [0.717, 1.165) is 0 Å². The van der Waals surface area contributed by atoms with Crippen molar-refractivity contribution in [3.8, 4) is 0 Å². The van der Waals surface area contributed by atoms with Gasteiger partial charge in [0.2, 0.25) is 0 Å². The van der Waals surface area contributed by atoms with E-state index in [-0.39, 0.29) is 29.1 Å². The number of nitrogens with zero attached hydrogens (tertiary/aromatic N) is 1. The van der Waals surface area contributed by atoms with Crippen LogP contribution in [0.3, 0.4) is 0 Å². The highest BCUT2D eigenvalue weighted by Crippen LogP contribution is 2.21. The van der Waals surface area contributed by atoms with E-state index < -0.39 is 16.8 Å². The first-order valence-corrected chi connectivity index (χ1v) is 6.85. The number of nitro benzene ring substituents is 1. The number of para-hydroxylation sites is 2. The maximum atomic E-state index is 12.3. The topological polar surface area (TPSA) is 98.5 Å². The van der Waals surface area contributed by atoms with Gasteiger partial charge in [0.1, 0.15) is 5.56 Å².